The highest BCUT2D eigenvalue weighted by Crippen LogP contribution is 2.27. The van der Waals surface area contributed by atoms with Crippen molar-refractivity contribution in [3.05, 3.63) is 53.6 Å². The zero-order valence-corrected chi connectivity index (χ0v) is 12.9. The number of rotatable bonds is 3. The highest BCUT2D eigenvalue weighted by molar-refractivity contribution is 5.71. The van der Waals surface area contributed by atoms with E-state index in [-0.39, 0.29) is 0 Å². The Morgan fingerprint density at radius 3 is 2.36 bits per heavy atom. The first kappa shape index (κ1) is 14.1. The Balaban J connectivity index is 2.02. The van der Waals surface area contributed by atoms with Crippen LogP contribution in [-0.2, 0) is 0 Å². The van der Waals surface area contributed by atoms with Crippen molar-refractivity contribution in [3.8, 4) is 22.7 Å². The fourth-order valence-corrected chi connectivity index (χ4v) is 2.29. The van der Waals surface area contributed by atoms with Gasteiger partial charge in [-0.15, -0.1) is 5.10 Å². The topological polar surface area (TPSA) is 66.0 Å². The van der Waals surface area contributed by atoms with E-state index >= 15 is 0 Å². The average molecular weight is 294 g/mol. The number of nitrogens with two attached hydrogens (primary N) is 1. The zero-order chi connectivity index (χ0) is 15.7. The second kappa shape index (κ2) is 5.52. The third-order valence-corrected chi connectivity index (χ3v) is 3.80. The number of aromatic nitrogens is 3. The van der Waals surface area contributed by atoms with Crippen LogP contribution >= 0.6 is 0 Å². The molecular weight excluding hydrogens is 276 g/mol. The molecule has 1 heterocycles. The molecule has 112 valence electrons. The molecule has 0 spiro atoms. The molecule has 2 aromatic carbocycles. The summed E-state index contributed by atoms with van der Waals surface area (Å²) >= 11 is 0. The Morgan fingerprint density at radius 2 is 1.73 bits per heavy atom. The van der Waals surface area contributed by atoms with E-state index in [1.807, 2.05) is 30.3 Å². The van der Waals surface area contributed by atoms with E-state index in [9.17, 15) is 0 Å². The molecule has 5 heteroatoms. The van der Waals surface area contributed by atoms with Crippen LogP contribution in [0, 0.1) is 13.8 Å². The van der Waals surface area contributed by atoms with Gasteiger partial charge in [-0.3, -0.25) is 0 Å². The highest BCUT2D eigenvalue weighted by Gasteiger charge is 2.13. The number of hydrogen-bond acceptors (Lipinski definition) is 4. The Labute approximate surface area is 129 Å². The number of nitrogen functional groups attached to an aromatic ring is 1. The molecule has 0 saturated heterocycles. The molecule has 0 bridgehead atoms. The second-order valence-electron chi connectivity index (χ2n) is 5.23. The van der Waals surface area contributed by atoms with Crippen LogP contribution in [0.25, 0.3) is 16.9 Å². The normalized spacial score (nSPS) is 10.7. The van der Waals surface area contributed by atoms with Crippen molar-refractivity contribution in [1.29, 1.82) is 0 Å². The van der Waals surface area contributed by atoms with Crippen molar-refractivity contribution in [2.45, 2.75) is 13.8 Å². The van der Waals surface area contributed by atoms with Crippen molar-refractivity contribution in [2.24, 2.45) is 0 Å². The third-order valence-electron chi connectivity index (χ3n) is 3.80. The average Bonchev–Trinajstić information content (AvgIpc) is 2.92. The first-order chi connectivity index (χ1) is 10.6. The van der Waals surface area contributed by atoms with E-state index in [1.54, 1.807) is 11.8 Å². The Hall–Kier alpha value is -2.82. The Kier molecular flexibility index (Phi) is 3.55. The molecule has 1 aromatic heterocycles. The van der Waals surface area contributed by atoms with E-state index in [0.717, 1.165) is 17.0 Å². The summed E-state index contributed by atoms with van der Waals surface area (Å²) in [5, 5.41) is 8.40. The quantitative estimate of drug-likeness (QED) is 0.806. The van der Waals surface area contributed by atoms with Gasteiger partial charge in [-0.25, -0.2) is 0 Å². The summed E-state index contributed by atoms with van der Waals surface area (Å²) in [4.78, 5) is 0. The molecule has 0 unspecified atom stereocenters. The molecule has 0 atom stereocenters. The number of aryl methyl sites for hydroxylation is 2. The summed E-state index contributed by atoms with van der Waals surface area (Å²) in [7, 11) is 1.64. The minimum absolute atomic E-state index is 0.522. The number of nitrogens with zero attached hydrogens (tertiary/aromatic N) is 3. The molecule has 0 radical (unpaired) electrons. The molecular formula is C17H18N4O. The summed E-state index contributed by atoms with van der Waals surface area (Å²) in [5.74, 6) is 1.32. The minimum Gasteiger partial charge on any atom is -0.497 e. The van der Waals surface area contributed by atoms with Gasteiger partial charge in [0.25, 0.3) is 0 Å². The first-order valence-electron chi connectivity index (χ1n) is 7.03. The van der Waals surface area contributed by atoms with Crippen molar-refractivity contribution < 1.29 is 4.74 Å². The van der Waals surface area contributed by atoms with Gasteiger partial charge in [0.1, 0.15) is 11.4 Å². The van der Waals surface area contributed by atoms with E-state index < -0.39 is 0 Å². The molecule has 2 N–H and O–H groups in total. The lowest BCUT2D eigenvalue weighted by atomic mass is 10.1. The van der Waals surface area contributed by atoms with Gasteiger partial charge < -0.3 is 10.5 Å². The highest BCUT2D eigenvalue weighted by atomic mass is 16.5. The number of benzene rings is 2. The standard InChI is InChI=1S/C17H18N4O/c1-11-4-7-14(10-12(11)2)21-17(18)16(19-20-21)13-5-8-15(22-3)9-6-13/h4-10H,18H2,1-3H3. The lowest BCUT2D eigenvalue weighted by molar-refractivity contribution is 0.415. The SMILES string of the molecule is COc1ccc(-c2nnn(-c3ccc(C)c(C)c3)c2N)cc1. The van der Waals surface area contributed by atoms with E-state index in [1.165, 1.54) is 11.1 Å². The molecule has 0 aliphatic rings. The Morgan fingerprint density at radius 1 is 1.00 bits per heavy atom. The first-order valence-corrected chi connectivity index (χ1v) is 7.03. The lowest BCUT2D eigenvalue weighted by Gasteiger charge is -2.07. The predicted octanol–water partition coefficient (Wildman–Crippen LogP) is 3.14. The van der Waals surface area contributed by atoms with Crippen molar-refractivity contribution in [3.63, 3.8) is 0 Å². The molecule has 0 saturated carbocycles. The van der Waals surface area contributed by atoms with Gasteiger partial charge in [0.05, 0.1) is 12.8 Å². The van der Waals surface area contributed by atoms with Gasteiger partial charge in [0, 0.05) is 5.56 Å². The van der Waals surface area contributed by atoms with Gasteiger partial charge >= 0.3 is 0 Å². The molecule has 0 fully saturated rings. The maximum atomic E-state index is 6.23. The van der Waals surface area contributed by atoms with Crippen LogP contribution in [0.15, 0.2) is 42.5 Å². The molecule has 5 nitrogen and oxygen atoms in total. The predicted molar refractivity (Wildman–Crippen MR) is 87.2 cm³/mol. The van der Waals surface area contributed by atoms with Crippen LogP contribution in [0.5, 0.6) is 5.75 Å². The van der Waals surface area contributed by atoms with Gasteiger partial charge in [-0.05, 0) is 61.4 Å². The summed E-state index contributed by atoms with van der Waals surface area (Å²) in [6.07, 6.45) is 0. The lowest BCUT2D eigenvalue weighted by Crippen LogP contribution is -2.03. The van der Waals surface area contributed by atoms with Crippen LogP contribution in [0.3, 0.4) is 0 Å². The largest absolute Gasteiger partial charge is 0.497 e. The maximum Gasteiger partial charge on any atom is 0.155 e. The van der Waals surface area contributed by atoms with Gasteiger partial charge in [0.15, 0.2) is 5.82 Å². The monoisotopic (exact) mass is 294 g/mol. The Bertz CT molecular complexity index is 806. The smallest absolute Gasteiger partial charge is 0.155 e. The van der Waals surface area contributed by atoms with Gasteiger partial charge in [-0.1, -0.05) is 11.3 Å². The molecule has 22 heavy (non-hydrogen) atoms. The van der Waals surface area contributed by atoms with E-state index in [0.29, 0.717) is 11.5 Å². The molecule has 0 amide bonds. The van der Waals surface area contributed by atoms with Gasteiger partial charge in [-0.2, -0.15) is 4.68 Å². The van der Waals surface area contributed by atoms with Crippen molar-refractivity contribution in [1.82, 2.24) is 15.0 Å². The summed E-state index contributed by atoms with van der Waals surface area (Å²) in [5.41, 5.74) is 11.1. The number of methoxy groups -OCH3 is 1. The van der Waals surface area contributed by atoms with Crippen molar-refractivity contribution in [2.75, 3.05) is 12.8 Å². The van der Waals surface area contributed by atoms with Gasteiger partial charge in [0.2, 0.25) is 0 Å². The van der Waals surface area contributed by atoms with Crippen LogP contribution in [0.2, 0.25) is 0 Å². The van der Waals surface area contributed by atoms with Crippen molar-refractivity contribution >= 4 is 5.82 Å². The number of ether oxygens (including phenoxy) is 1. The summed E-state index contributed by atoms with van der Waals surface area (Å²) in [6.45, 7) is 4.14. The third kappa shape index (κ3) is 2.41. The summed E-state index contributed by atoms with van der Waals surface area (Å²) < 4.78 is 6.82. The van der Waals surface area contributed by atoms with Crippen LogP contribution in [0.1, 0.15) is 11.1 Å². The molecule has 3 rings (SSSR count). The second-order valence-corrected chi connectivity index (χ2v) is 5.23. The molecule has 0 aliphatic carbocycles. The van der Waals surface area contributed by atoms with E-state index in [2.05, 4.69) is 36.3 Å². The molecule has 0 aliphatic heterocycles. The summed E-state index contributed by atoms with van der Waals surface area (Å²) in [6, 6.07) is 13.7. The fourth-order valence-electron chi connectivity index (χ4n) is 2.29. The van der Waals surface area contributed by atoms with E-state index in [4.69, 9.17) is 10.5 Å². The van der Waals surface area contributed by atoms with Crippen LogP contribution in [-0.4, -0.2) is 22.1 Å². The van der Waals surface area contributed by atoms with Crippen LogP contribution < -0.4 is 10.5 Å². The zero-order valence-electron chi connectivity index (χ0n) is 12.9. The fraction of sp³-hybridized carbons (Fsp3) is 0.176. The minimum atomic E-state index is 0.522. The number of hydrogen-bond donors (Lipinski definition) is 1. The molecule has 3 aromatic rings. The number of anilines is 1. The maximum absolute atomic E-state index is 6.23. The van der Waals surface area contributed by atoms with Crippen LogP contribution in [0.4, 0.5) is 5.82 Å².